The first kappa shape index (κ1) is 13.6. The summed E-state index contributed by atoms with van der Waals surface area (Å²) in [5, 5.41) is 4.56. The quantitative estimate of drug-likeness (QED) is 0.816. The summed E-state index contributed by atoms with van der Waals surface area (Å²) in [5.74, 6) is 0.594. The van der Waals surface area contributed by atoms with Gasteiger partial charge >= 0.3 is 0 Å². The molecule has 4 heteroatoms. The molecule has 0 radical (unpaired) electrons. The fourth-order valence-electron chi connectivity index (χ4n) is 2.79. The Hall–Kier alpha value is -1.39. The molecule has 2 N–H and O–H groups in total. The number of aromatic nitrogens is 1. The molecule has 0 aliphatic heterocycles. The molecule has 0 bridgehead atoms. The number of aromatic amines is 1. The second kappa shape index (κ2) is 5.94. The normalized spacial score (nSPS) is 16.7. The fraction of sp³-hybridized carbons (Fsp3) is 0.500. The Morgan fingerprint density at radius 2 is 2.30 bits per heavy atom. The highest BCUT2D eigenvalue weighted by Gasteiger charge is 2.30. The summed E-state index contributed by atoms with van der Waals surface area (Å²) in [6, 6.07) is 5.35. The number of hydrogen-bond donors (Lipinski definition) is 2. The van der Waals surface area contributed by atoms with Gasteiger partial charge < -0.3 is 15.0 Å². The molecule has 1 aromatic heterocycles. The van der Waals surface area contributed by atoms with Crippen LogP contribution in [0.15, 0.2) is 24.4 Å². The summed E-state index contributed by atoms with van der Waals surface area (Å²) in [5.41, 5.74) is 2.16. The summed E-state index contributed by atoms with van der Waals surface area (Å²) in [4.78, 5) is 3.19. The number of halogens is 1. The van der Waals surface area contributed by atoms with Crippen molar-refractivity contribution in [3.8, 4) is 0 Å². The van der Waals surface area contributed by atoms with Crippen molar-refractivity contribution in [3.05, 3.63) is 35.8 Å². The van der Waals surface area contributed by atoms with E-state index in [1.807, 2.05) is 6.20 Å². The minimum absolute atomic E-state index is 0.179. The van der Waals surface area contributed by atoms with Crippen LogP contribution in [0, 0.1) is 11.7 Å². The van der Waals surface area contributed by atoms with Crippen molar-refractivity contribution >= 4 is 10.9 Å². The average Bonchev–Trinajstić information content (AvgIpc) is 3.21. The molecule has 1 aromatic carbocycles. The third-order valence-electron chi connectivity index (χ3n) is 4.07. The molecule has 0 amide bonds. The van der Waals surface area contributed by atoms with Crippen LogP contribution < -0.4 is 5.32 Å². The molecule has 1 heterocycles. The van der Waals surface area contributed by atoms with Gasteiger partial charge in [-0.3, -0.25) is 0 Å². The van der Waals surface area contributed by atoms with Crippen molar-refractivity contribution < 1.29 is 9.13 Å². The second-order valence-electron chi connectivity index (χ2n) is 5.61. The van der Waals surface area contributed by atoms with Gasteiger partial charge in [-0.15, -0.1) is 0 Å². The van der Waals surface area contributed by atoms with E-state index in [4.69, 9.17) is 4.74 Å². The first-order chi connectivity index (χ1) is 9.78. The van der Waals surface area contributed by atoms with E-state index in [0.717, 1.165) is 36.4 Å². The van der Waals surface area contributed by atoms with Gasteiger partial charge in [-0.2, -0.15) is 0 Å². The van der Waals surface area contributed by atoms with Crippen LogP contribution in [-0.2, 0) is 11.2 Å². The van der Waals surface area contributed by atoms with Gasteiger partial charge in [0, 0.05) is 30.3 Å². The number of rotatable bonds is 7. The molecule has 1 saturated carbocycles. The number of hydrogen-bond acceptors (Lipinski definition) is 2. The van der Waals surface area contributed by atoms with E-state index in [2.05, 4.69) is 10.3 Å². The minimum atomic E-state index is -0.179. The SMILES string of the molecule is COC[C@@H](NCCc1c[nH]c2ccc(F)cc12)C1CC1. The van der Waals surface area contributed by atoms with E-state index in [-0.39, 0.29) is 5.82 Å². The Labute approximate surface area is 118 Å². The lowest BCUT2D eigenvalue weighted by atomic mass is 10.1. The molecule has 3 rings (SSSR count). The van der Waals surface area contributed by atoms with Crippen LogP contribution in [0.5, 0.6) is 0 Å². The Kier molecular flexibility index (Phi) is 4.03. The van der Waals surface area contributed by atoms with Crippen LogP contribution in [0.25, 0.3) is 10.9 Å². The highest BCUT2D eigenvalue weighted by Crippen LogP contribution is 2.32. The summed E-state index contributed by atoms with van der Waals surface area (Å²) in [6.45, 7) is 1.67. The highest BCUT2D eigenvalue weighted by atomic mass is 19.1. The summed E-state index contributed by atoms with van der Waals surface area (Å²) in [7, 11) is 1.75. The van der Waals surface area contributed by atoms with Crippen molar-refractivity contribution in [2.45, 2.75) is 25.3 Å². The minimum Gasteiger partial charge on any atom is -0.383 e. The van der Waals surface area contributed by atoms with Gasteiger partial charge in [0.25, 0.3) is 0 Å². The van der Waals surface area contributed by atoms with Crippen molar-refractivity contribution in [2.24, 2.45) is 5.92 Å². The molecular weight excluding hydrogens is 255 g/mol. The van der Waals surface area contributed by atoms with E-state index in [1.54, 1.807) is 19.2 Å². The fourth-order valence-corrected chi connectivity index (χ4v) is 2.79. The van der Waals surface area contributed by atoms with Crippen molar-refractivity contribution in [3.63, 3.8) is 0 Å². The highest BCUT2D eigenvalue weighted by molar-refractivity contribution is 5.83. The summed E-state index contributed by atoms with van der Waals surface area (Å²) in [6.07, 6.45) is 5.49. The lowest BCUT2D eigenvalue weighted by Crippen LogP contribution is -2.36. The predicted octanol–water partition coefficient (Wildman–Crippen LogP) is 2.86. The van der Waals surface area contributed by atoms with E-state index in [0.29, 0.717) is 6.04 Å². The largest absolute Gasteiger partial charge is 0.383 e. The second-order valence-corrected chi connectivity index (χ2v) is 5.61. The van der Waals surface area contributed by atoms with Crippen molar-refractivity contribution in [2.75, 3.05) is 20.3 Å². The smallest absolute Gasteiger partial charge is 0.123 e. The number of H-pyrrole nitrogens is 1. The maximum atomic E-state index is 13.3. The van der Waals surface area contributed by atoms with Crippen LogP contribution in [-0.4, -0.2) is 31.3 Å². The predicted molar refractivity (Wildman–Crippen MR) is 78.4 cm³/mol. The average molecular weight is 276 g/mol. The first-order valence-electron chi connectivity index (χ1n) is 7.26. The van der Waals surface area contributed by atoms with Crippen LogP contribution in [0.1, 0.15) is 18.4 Å². The Morgan fingerprint density at radius 3 is 3.05 bits per heavy atom. The number of methoxy groups -OCH3 is 1. The molecule has 1 atom stereocenters. The molecule has 3 nitrogen and oxygen atoms in total. The third kappa shape index (κ3) is 3.02. The van der Waals surface area contributed by atoms with Crippen LogP contribution in [0.4, 0.5) is 4.39 Å². The molecule has 108 valence electrons. The monoisotopic (exact) mass is 276 g/mol. The van der Waals surface area contributed by atoms with Crippen LogP contribution in [0.3, 0.4) is 0 Å². The van der Waals surface area contributed by atoms with E-state index in [9.17, 15) is 4.39 Å². The lowest BCUT2D eigenvalue weighted by molar-refractivity contribution is 0.158. The topological polar surface area (TPSA) is 37.0 Å². The zero-order valence-electron chi connectivity index (χ0n) is 11.8. The van der Waals surface area contributed by atoms with Crippen molar-refractivity contribution in [1.29, 1.82) is 0 Å². The molecule has 1 aliphatic rings. The third-order valence-corrected chi connectivity index (χ3v) is 4.07. The molecule has 0 spiro atoms. The summed E-state index contributed by atoms with van der Waals surface area (Å²) >= 11 is 0. The van der Waals surface area contributed by atoms with Gasteiger partial charge in [0.15, 0.2) is 0 Å². The van der Waals surface area contributed by atoms with Crippen LogP contribution in [0.2, 0.25) is 0 Å². The van der Waals surface area contributed by atoms with E-state index in [1.165, 1.54) is 24.5 Å². The molecule has 2 aromatic rings. The maximum Gasteiger partial charge on any atom is 0.123 e. The number of ether oxygens (including phenoxy) is 1. The first-order valence-corrected chi connectivity index (χ1v) is 7.26. The molecular formula is C16H21FN2O. The van der Waals surface area contributed by atoms with Gasteiger partial charge in [0.1, 0.15) is 5.82 Å². The van der Waals surface area contributed by atoms with Gasteiger partial charge in [-0.05, 0) is 55.5 Å². The van der Waals surface area contributed by atoms with Crippen molar-refractivity contribution in [1.82, 2.24) is 10.3 Å². The Balaban J connectivity index is 1.60. The Bertz CT molecular complexity index is 577. The van der Waals surface area contributed by atoms with Gasteiger partial charge in [0.05, 0.1) is 6.61 Å². The molecule has 1 aliphatic carbocycles. The van der Waals surface area contributed by atoms with Gasteiger partial charge in [0.2, 0.25) is 0 Å². The standard InChI is InChI=1S/C16H21FN2O/c1-20-10-16(11-2-3-11)18-7-6-12-9-19-15-5-4-13(17)8-14(12)15/h4-5,8-9,11,16,18-19H,2-3,6-7,10H2,1H3/t16-/m1/s1. The maximum absolute atomic E-state index is 13.3. The van der Waals surface area contributed by atoms with Crippen LogP contribution >= 0.6 is 0 Å². The number of benzene rings is 1. The summed E-state index contributed by atoms with van der Waals surface area (Å²) < 4.78 is 18.6. The van der Waals surface area contributed by atoms with E-state index >= 15 is 0 Å². The Morgan fingerprint density at radius 1 is 1.45 bits per heavy atom. The zero-order chi connectivity index (χ0) is 13.9. The molecule has 1 fully saturated rings. The van der Waals surface area contributed by atoms with Gasteiger partial charge in [-0.1, -0.05) is 0 Å². The zero-order valence-corrected chi connectivity index (χ0v) is 11.8. The number of nitrogens with one attached hydrogen (secondary N) is 2. The molecule has 20 heavy (non-hydrogen) atoms. The number of fused-ring (bicyclic) bond motifs is 1. The van der Waals surface area contributed by atoms with E-state index < -0.39 is 0 Å². The molecule has 0 saturated heterocycles. The van der Waals surface area contributed by atoms with Gasteiger partial charge in [-0.25, -0.2) is 4.39 Å². The lowest BCUT2D eigenvalue weighted by Gasteiger charge is -2.17. The molecule has 0 unspecified atom stereocenters.